The number of nitrogens with two attached hydrogens (primary N) is 1. The molecule has 1 aromatic carbocycles. The van der Waals surface area contributed by atoms with Crippen LogP contribution in [-0.2, 0) is 4.74 Å². The van der Waals surface area contributed by atoms with Crippen LogP contribution in [0.25, 0.3) is 0 Å². The second-order valence-electron chi connectivity index (χ2n) is 4.62. The van der Waals surface area contributed by atoms with Gasteiger partial charge in [-0.2, -0.15) is 11.8 Å². The van der Waals surface area contributed by atoms with E-state index < -0.39 is 0 Å². The molecule has 0 radical (unpaired) electrons. The first-order valence-electron chi connectivity index (χ1n) is 6.83. The molecule has 0 amide bonds. The van der Waals surface area contributed by atoms with Crippen LogP contribution in [0.2, 0.25) is 0 Å². The van der Waals surface area contributed by atoms with E-state index in [1.54, 1.807) is 13.0 Å². The Morgan fingerprint density at radius 2 is 2.15 bits per heavy atom. The van der Waals surface area contributed by atoms with Crippen LogP contribution in [0.5, 0.6) is 0 Å². The Balaban J connectivity index is 3.01. The highest BCUT2D eigenvalue weighted by Crippen LogP contribution is 2.24. The Bertz CT molecular complexity index is 451. The number of carbonyl (C=O) groups excluding carboxylic acids is 1. The summed E-state index contributed by atoms with van der Waals surface area (Å²) in [5, 5.41) is 0. The summed E-state index contributed by atoms with van der Waals surface area (Å²) < 4.78 is 5.04. The van der Waals surface area contributed by atoms with Crippen LogP contribution in [0.4, 0.5) is 11.4 Å². The van der Waals surface area contributed by atoms with Gasteiger partial charge >= 0.3 is 5.97 Å². The maximum atomic E-state index is 11.9. The molecule has 1 unspecified atom stereocenters. The maximum absolute atomic E-state index is 11.9. The van der Waals surface area contributed by atoms with Crippen molar-refractivity contribution in [2.24, 2.45) is 0 Å². The minimum atomic E-state index is -0.363. The third kappa shape index (κ3) is 4.07. The minimum Gasteiger partial charge on any atom is -0.462 e. The summed E-state index contributed by atoms with van der Waals surface area (Å²) in [5.41, 5.74) is 7.75. The molecule has 0 fully saturated rings. The zero-order chi connectivity index (χ0) is 15.1. The average Bonchev–Trinajstić information content (AvgIpc) is 2.44. The van der Waals surface area contributed by atoms with E-state index in [2.05, 4.69) is 18.1 Å². The molecule has 20 heavy (non-hydrogen) atoms. The van der Waals surface area contributed by atoms with Crippen molar-refractivity contribution in [3.63, 3.8) is 0 Å². The standard InChI is InChI=1S/C15H24N2O2S/c1-5-11(10-20-4)17(3)12-7-8-14(16)13(9-12)15(18)19-6-2/h7-9,11H,5-6,10,16H2,1-4H3. The molecule has 0 bridgehead atoms. The third-order valence-corrected chi connectivity index (χ3v) is 4.04. The molecule has 4 nitrogen and oxygen atoms in total. The Kier molecular flexibility index (Phi) is 6.71. The van der Waals surface area contributed by atoms with Crippen molar-refractivity contribution in [2.45, 2.75) is 26.3 Å². The summed E-state index contributed by atoms with van der Waals surface area (Å²) in [4.78, 5) is 14.1. The summed E-state index contributed by atoms with van der Waals surface area (Å²) >= 11 is 1.82. The number of benzene rings is 1. The van der Waals surface area contributed by atoms with Gasteiger partial charge in [0.05, 0.1) is 12.2 Å². The van der Waals surface area contributed by atoms with E-state index in [-0.39, 0.29) is 5.97 Å². The van der Waals surface area contributed by atoms with Crippen LogP contribution < -0.4 is 10.6 Å². The molecule has 0 spiro atoms. The van der Waals surface area contributed by atoms with E-state index in [9.17, 15) is 4.79 Å². The fourth-order valence-corrected chi connectivity index (χ4v) is 2.90. The predicted molar refractivity (Wildman–Crippen MR) is 87.7 cm³/mol. The Hall–Kier alpha value is -1.36. The van der Waals surface area contributed by atoms with E-state index in [0.29, 0.717) is 23.9 Å². The van der Waals surface area contributed by atoms with Crippen molar-refractivity contribution in [1.29, 1.82) is 0 Å². The lowest BCUT2D eigenvalue weighted by molar-refractivity contribution is 0.0527. The molecule has 1 atom stereocenters. The number of ether oxygens (including phenoxy) is 1. The van der Waals surface area contributed by atoms with Gasteiger partial charge in [-0.05, 0) is 37.8 Å². The Morgan fingerprint density at radius 3 is 2.70 bits per heavy atom. The molecule has 0 aliphatic heterocycles. The highest BCUT2D eigenvalue weighted by Gasteiger charge is 2.17. The predicted octanol–water partition coefficient (Wildman–Crippen LogP) is 3.02. The number of thioether (sulfide) groups is 1. The maximum Gasteiger partial charge on any atom is 0.340 e. The molecular weight excluding hydrogens is 272 g/mol. The number of nitrogens with zero attached hydrogens (tertiary/aromatic N) is 1. The fourth-order valence-electron chi connectivity index (χ4n) is 2.06. The van der Waals surface area contributed by atoms with Crippen LogP contribution in [0, 0.1) is 0 Å². The largest absolute Gasteiger partial charge is 0.462 e. The van der Waals surface area contributed by atoms with Gasteiger partial charge in [-0.3, -0.25) is 0 Å². The first-order chi connectivity index (χ1) is 9.54. The lowest BCUT2D eigenvalue weighted by Crippen LogP contribution is -2.33. The van der Waals surface area contributed by atoms with Gasteiger partial charge in [0.1, 0.15) is 0 Å². The zero-order valence-electron chi connectivity index (χ0n) is 12.7. The molecule has 0 saturated heterocycles. The zero-order valence-corrected chi connectivity index (χ0v) is 13.5. The molecular formula is C15H24N2O2S. The van der Waals surface area contributed by atoms with Gasteiger partial charge in [-0.25, -0.2) is 4.79 Å². The van der Waals surface area contributed by atoms with Crippen LogP contribution in [-0.4, -0.2) is 37.7 Å². The average molecular weight is 296 g/mol. The van der Waals surface area contributed by atoms with Crippen LogP contribution in [0.3, 0.4) is 0 Å². The number of hydrogen-bond donors (Lipinski definition) is 1. The molecule has 5 heteroatoms. The van der Waals surface area contributed by atoms with Gasteiger partial charge in [-0.1, -0.05) is 6.92 Å². The molecule has 1 aromatic rings. The molecule has 2 N–H and O–H groups in total. The highest BCUT2D eigenvalue weighted by atomic mass is 32.2. The summed E-state index contributed by atoms with van der Waals surface area (Å²) in [6, 6.07) is 5.96. The highest BCUT2D eigenvalue weighted by molar-refractivity contribution is 7.98. The van der Waals surface area contributed by atoms with Crippen molar-refractivity contribution < 1.29 is 9.53 Å². The van der Waals surface area contributed by atoms with Crippen LogP contribution >= 0.6 is 11.8 Å². The first-order valence-corrected chi connectivity index (χ1v) is 8.22. The van der Waals surface area contributed by atoms with Gasteiger partial charge in [-0.15, -0.1) is 0 Å². The second kappa shape index (κ2) is 8.04. The number of rotatable bonds is 7. The lowest BCUT2D eigenvalue weighted by Gasteiger charge is -2.29. The summed E-state index contributed by atoms with van der Waals surface area (Å²) in [6.07, 6.45) is 3.15. The van der Waals surface area contributed by atoms with E-state index in [0.717, 1.165) is 17.9 Å². The number of esters is 1. The quantitative estimate of drug-likeness (QED) is 0.619. The SMILES string of the molecule is CCOC(=O)c1cc(N(C)C(CC)CSC)ccc1N. The van der Waals surface area contributed by atoms with E-state index in [1.807, 2.05) is 30.9 Å². The molecule has 0 aromatic heterocycles. The summed E-state index contributed by atoms with van der Waals surface area (Å²) in [6.45, 7) is 4.30. The van der Waals surface area contributed by atoms with Gasteiger partial charge in [0, 0.05) is 30.2 Å². The summed E-state index contributed by atoms with van der Waals surface area (Å²) in [5.74, 6) is 0.685. The second-order valence-corrected chi connectivity index (χ2v) is 5.53. The molecule has 0 heterocycles. The normalized spacial score (nSPS) is 12.0. The monoisotopic (exact) mass is 296 g/mol. The smallest absolute Gasteiger partial charge is 0.340 e. The number of carbonyl (C=O) groups is 1. The first kappa shape index (κ1) is 16.7. The lowest BCUT2D eigenvalue weighted by atomic mass is 10.1. The van der Waals surface area contributed by atoms with Crippen molar-refractivity contribution >= 4 is 29.1 Å². The van der Waals surface area contributed by atoms with E-state index in [4.69, 9.17) is 10.5 Å². The molecule has 0 saturated carbocycles. The van der Waals surface area contributed by atoms with Crippen LogP contribution in [0.15, 0.2) is 18.2 Å². The number of anilines is 2. The van der Waals surface area contributed by atoms with Crippen LogP contribution in [0.1, 0.15) is 30.6 Å². The van der Waals surface area contributed by atoms with E-state index in [1.165, 1.54) is 0 Å². The Morgan fingerprint density at radius 1 is 1.45 bits per heavy atom. The molecule has 1 rings (SSSR count). The fraction of sp³-hybridized carbons (Fsp3) is 0.533. The number of hydrogen-bond acceptors (Lipinski definition) is 5. The van der Waals surface area contributed by atoms with Gasteiger partial charge < -0.3 is 15.4 Å². The molecule has 112 valence electrons. The molecule has 0 aliphatic rings. The van der Waals surface area contributed by atoms with Gasteiger partial charge in [0.25, 0.3) is 0 Å². The molecule has 0 aliphatic carbocycles. The van der Waals surface area contributed by atoms with Gasteiger partial charge in [0.2, 0.25) is 0 Å². The van der Waals surface area contributed by atoms with E-state index >= 15 is 0 Å². The Labute approximate surface area is 125 Å². The minimum absolute atomic E-state index is 0.350. The van der Waals surface area contributed by atoms with Crippen molar-refractivity contribution in [3.05, 3.63) is 23.8 Å². The van der Waals surface area contributed by atoms with Crippen molar-refractivity contribution in [1.82, 2.24) is 0 Å². The van der Waals surface area contributed by atoms with Gasteiger partial charge in [0.15, 0.2) is 0 Å². The van der Waals surface area contributed by atoms with Crippen molar-refractivity contribution in [3.8, 4) is 0 Å². The third-order valence-electron chi connectivity index (χ3n) is 3.32. The number of nitrogen functional groups attached to an aromatic ring is 1. The topological polar surface area (TPSA) is 55.6 Å². The summed E-state index contributed by atoms with van der Waals surface area (Å²) in [7, 11) is 2.05. The van der Waals surface area contributed by atoms with Crippen molar-refractivity contribution in [2.75, 3.05) is 36.3 Å².